The van der Waals surface area contributed by atoms with Gasteiger partial charge < -0.3 is 10.5 Å². The molecule has 1 saturated carbocycles. The molecule has 8 nitrogen and oxygen atoms in total. The number of aromatic nitrogens is 5. The number of Topliss-reactive ketones (excluding diaryl/α,β-unsaturated/α-hetero) is 1. The number of hydrogen-bond acceptors (Lipinski definition) is 7. The molecular weight excluding hydrogens is 423 g/mol. The maximum Gasteiger partial charge on any atom is 0.181 e. The molecule has 0 amide bonds. The molecule has 168 valence electrons. The van der Waals surface area contributed by atoms with Gasteiger partial charge in [0.2, 0.25) is 0 Å². The minimum Gasteiger partial charge on any atom is -0.457 e. The topological polar surface area (TPSA) is 109 Å². The van der Waals surface area contributed by atoms with Crippen LogP contribution < -0.4 is 10.5 Å². The van der Waals surface area contributed by atoms with E-state index in [0.717, 1.165) is 25.7 Å². The van der Waals surface area contributed by atoms with E-state index in [2.05, 4.69) is 15.0 Å². The summed E-state index contributed by atoms with van der Waals surface area (Å²) < 4.78 is 22.9. The van der Waals surface area contributed by atoms with E-state index in [-0.39, 0.29) is 17.6 Å². The number of nitrogens with zero attached hydrogens (tertiary/aromatic N) is 5. The van der Waals surface area contributed by atoms with Gasteiger partial charge in [-0.25, -0.2) is 19.0 Å². The van der Waals surface area contributed by atoms with Crippen LogP contribution in [0.15, 0.2) is 42.9 Å². The molecule has 0 aliphatic heterocycles. The van der Waals surface area contributed by atoms with Crippen molar-refractivity contribution in [1.29, 1.82) is 0 Å². The van der Waals surface area contributed by atoms with Gasteiger partial charge in [0.1, 0.15) is 40.8 Å². The van der Waals surface area contributed by atoms with Gasteiger partial charge in [0.05, 0.1) is 11.4 Å². The smallest absolute Gasteiger partial charge is 0.181 e. The maximum absolute atomic E-state index is 15.3. The van der Waals surface area contributed by atoms with Crippen LogP contribution in [0.4, 0.5) is 10.2 Å². The van der Waals surface area contributed by atoms with Crippen LogP contribution in [0.3, 0.4) is 0 Å². The van der Waals surface area contributed by atoms with Crippen LogP contribution in [0.2, 0.25) is 0 Å². The van der Waals surface area contributed by atoms with Gasteiger partial charge in [-0.2, -0.15) is 5.10 Å². The number of nitrogens with two attached hydrogens (primary N) is 1. The van der Waals surface area contributed by atoms with Crippen LogP contribution in [0.5, 0.6) is 11.5 Å². The summed E-state index contributed by atoms with van der Waals surface area (Å²) in [6.07, 6.45) is 7.51. The van der Waals surface area contributed by atoms with Gasteiger partial charge >= 0.3 is 0 Å². The number of ketones is 1. The molecule has 0 bridgehead atoms. The highest BCUT2D eigenvalue weighted by Gasteiger charge is 2.25. The molecule has 1 aromatic carbocycles. The van der Waals surface area contributed by atoms with Crippen molar-refractivity contribution in [3.63, 3.8) is 0 Å². The number of carbonyl (C=O) groups excluding carboxylic acids is 1. The zero-order valence-corrected chi connectivity index (χ0v) is 18.2. The van der Waals surface area contributed by atoms with Crippen molar-refractivity contribution < 1.29 is 13.9 Å². The zero-order chi connectivity index (χ0) is 22.9. The average Bonchev–Trinajstić information content (AvgIpc) is 3.48. The van der Waals surface area contributed by atoms with E-state index in [1.807, 2.05) is 4.68 Å². The first-order chi connectivity index (χ1) is 16.0. The zero-order valence-electron chi connectivity index (χ0n) is 18.2. The number of anilines is 1. The lowest BCUT2D eigenvalue weighted by molar-refractivity contribution is 0.0983. The Hall–Kier alpha value is -3.88. The molecule has 1 aliphatic rings. The van der Waals surface area contributed by atoms with Crippen molar-refractivity contribution in [2.75, 3.05) is 5.73 Å². The van der Waals surface area contributed by atoms with Crippen molar-refractivity contribution in [2.24, 2.45) is 0 Å². The third-order valence-electron chi connectivity index (χ3n) is 5.96. The van der Waals surface area contributed by atoms with Gasteiger partial charge in [0.25, 0.3) is 0 Å². The molecule has 5 rings (SSSR count). The van der Waals surface area contributed by atoms with Crippen molar-refractivity contribution in [1.82, 2.24) is 24.7 Å². The maximum atomic E-state index is 15.3. The number of nitrogen functional groups attached to an aromatic ring is 1. The first-order valence-electron chi connectivity index (χ1n) is 11.0. The Morgan fingerprint density at radius 3 is 2.70 bits per heavy atom. The minimum atomic E-state index is -0.507. The largest absolute Gasteiger partial charge is 0.457 e. The van der Waals surface area contributed by atoms with Crippen LogP contribution in [-0.4, -0.2) is 30.5 Å². The highest BCUT2D eigenvalue weighted by atomic mass is 19.1. The van der Waals surface area contributed by atoms with E-state index in [4.69, 9.17) is 15.6 Å². The summed E-state index contributed by atoms with van der Waals surface area (Å²) in [6, 6.07) is 7.93. The number of carbonyl (C=O) groups is 1. The molecule has 0 atom stereocenters. The number of halogens is 1. The van der Waals surface area contributed by atoms with Gasteiger partial charge in [0, 0.05) is 30.3 Å². The van der Waals surface area contributed by atoms with Crippen molar-refractivity contribution in [3.05, 3.63) is 54.4 Å². The fraction of sp³-hybridized carbons (Fsp3) is 0.292. The Bertz CT molecular complexity index is 1350. The second kappa shape index (κ2) is 8.57. The number of ether oxygens (including phenoxy) is 1. The van der Waals surface area contributed by atoms with Crippen molar-refractivity contribution >= 4 is 22.6 Å². The molecule has 1 aliphatic carbocycles. The Balaban J connectivity index is 1.51. The highest BCUT2D eigenvalue weighted by Crippen LogP contribution is 2.38. The number of fused-ring (bicyclic) bond motifs is 1. The third kappa shape index (κ3) is 3.90. The standard InChI is InChI=1S/C24H23FN6O2/c1-2-20(32)19-12-16(9-10-27-19)33-15-7-8-17(18(25)11-15)22-21-23(26)28-13-29-24(21)31(30-22)14-5-3-4-6-14/h7-14H,2-6H2,1H3,(H2,26,28,29). The van der Waals surface area contributed by atoms with E-state index < -0.39 is 5.82 Å². The number of pyridine rings is 1. The highest BCUT2D eigenvalue weighted by molar-refractivity contribution is 5.98. The minimum absolute atomic E-state index is 0.0912. The van der Waals surface area contributed by atoms with Gasteiger partial charge in [-0.3, -0.25) is 9.78 Å². The van der Waals surface area contributed by atoms with Crippen LogP contribution in [0, 0.1) is 5.82 Å². The van der Waals surface area contributed by atoms with Gasteiger partial charge in [-0.15, -0.1) is 0 Å². The van der Waals surface area contributed by atoms with Crippen LogP contribution >= 0.6 is 0 Å². The Kier molecular flexibility index (Phi) is 5.45. The lowest BCUT2D eigenvalue weighted by atomic mass is 10.1. The summed E-state index contributed by atoms with van der Waals surface area (Å²) in [5.74, 6) is 0.367. The molecule has 1 fully saturated rings. The predicted molar refractivity (Wildman–Crippen MR) is 122 cm³/mol. The summed E-state index contributed by atoms with van der Waals surface area (Å²) in [6.45, 7) is 1.77. The molecule has 3 aromatic heterocycles. The summed E-state index contributed by atoms with van der Waals surface area (Å²) in [4.78, 5) is 24.4. The van der Waals surface area contributed by atoms with E-state index in [0.29, 0.717) is 45.9 Å². The second-order valence-electron chi connectivity index (χ2n) is 8.09. The van der Waals surface area contributed by atoms with E-state index in [1.165, 1.54) is 18.6 Å². The summed E-state index contributed by atoms with van der Waals surface area (Å²) in [7, 11) is 0. The lowest BCUT2D eigenvalue weighted by Crippen LogP contribution is -2.07. The quantitative estimate of drug-likeness (QED) is 0.410. The van der Waals surface area contributed by atoms with E-state index >= 15 is 4.39 Å². The van der Waals surface area contributed by atoms with E-state index in [9.17, 15) is 4.79 Å². The first-order valence-corrected chi connectivity index (χ1v) is 11.0. The number of benzene rings is 1. The third-order valence-corrected chi connectivity index (χ3v) is 5.96. The van der Waals surface area contributed by atoms with E-state index in [1.54, 1.807) is 31.2 Å². The molecule has 4 aromatic rings. The normalized spacial score (nSPS) is 14.1. The predicted octanol–water partition coefficient (Wildman–Crippen LogP) is 5.11. The van der Waals surface area contributed by atoms with Gasteiger partial charge in [-0.05, 0) is 31.0 Å². The first kappa shape index (κ1) is 21.0. The molecule has 0 saturated heterocycles. The molecule has 0 radical (unpaired) electrons. The van der Waals surface area contributed by atoms with Crippen LogP contribution in [0.25, 0.3) is 22.3 Å². The molecule has 0 spiro atoms. The van der Waals surface area contributed by atoms with Gasteiger partial charge in [-0.1, -0.05) is 19.8 Å². The Morgan fingerprint density at radius 2 is 1.94 bits per heavy atom. The Morgan fingerprint density at radius 1 is 1.15 bits per heavy atom. The monoisotopic (exact) mass is 446 g/mol. The molecule has 3 heterocycles. The summed E-state index contributed by atoms with van der Waals surface area (Å²) in [5, 5.41) is 5.27. The molecular formula is C24H23FN6O2. The summed E-state index contributed by atoms with van der Waals surface area (Å²) >= 11 is 0. The van der Waals surface area contributed by atoms with Crippen LogP contribution in [0.1, 0.15) is 55.6 Å². The fourth-order valence-corrected chi connectivity index (χ4v) is 4.28. The number of hydrogen-bond donors (Lipinski definition) is 1. The molecule has 0 unspecified atom stereocenters. The fourth-order valence-electron chi connectivity index (χ4n) is 4.28. The molecule has 2 N–H and O–H groups in total. The molecule has 9 heteroatoms. The SMILES string of the molecule is CCC(=O)c1cc(Oc2ccc(-c3nn(C4CCCC4)c4ncnc(N)c34)c(F)c2)ccn1. The molecule has 33 heavy (non-hydrogen) atoms. The van der Waals surface area contributed by atoms with Crippen LogP contribution in [-0.2, 0) is 0 Å². The number of rotatable bonds is 6. The second-order valence-corrected chi connectivity index (χ2v) is 8.09. The van der Waals surface area contributed by atoms with Crippen molar-refractivity contribution in [2.45, 2.75) is 45.1 Å². The van der Waals surface area contributed by atoms with Crippen molar-refractivity contribution in [3.8, 4) is 22.8 Å². The Labute approximate surface area is 189 Å². The average molecular weight is 446 g/mol. The summed E-state index contributed by atoms with van der Waals surface area (Å²) in [5.41, 5.74) is 7.79. The lowest BCUT2D eigenvalue weighted by Gasteiger charge is -2.10. The van der Waals surface area contributed by atoms with Gasteiger partial charge in [0.15, 0.2) is 11.4 Å².